The SMILES string of the molecule is CCOC(=O)C(Cl)(C#N)C=O. The van der Waals surface area contributed by atoms with Crippen LogP contribution in [0.3, 0.4) is 0 Å². The summed E-state index contributed by atoms with van der Waals surface area (Å²) in [6, 6.07) is 1.34. The lowest BCUT2D eigenvalue weighted by Gasteiger charge is -2.08. The van der Waals surface area contributed by atoms with Gasteiger partial charge in [0.1, 0.15) is 6.07 Å². The predicted molar refractivity (Wildman–Crippen MR) is 36.9 cm³/mol. The van der Waals surface area contributed by atoms with Gasteiger partial charge in [-0.25, -0.2) is 4.79 Å². The van der Waals surface area contributed by atoms with Gasteiger partial charge in [0.15, 0.2) is 6.29 Å². The van der Waals surface area contributed by atoms with Crippen LogP contribution in [-0.2, 0) is 14.3 Å². The Morgan fingerprint density at radius 3 is 2.73 bits per heavy atom. The topological polar surface area (TPSA) is 67.2 Å². The van der Waals surface area contributed by atoms with E-state index >= 15 is 0 Å². The zero-order chi connectivity index (χ0) is 8.91. The summed E-state index contributed by atoms with van der Waals surface area (Å²) >= 11 is 5.23. The molecule has 1 atom stereocenters. The molecule has 0 spiro atoms. The van der Waals surface area contributed by atoms with Crippen LogP contribution in [0.5, 0.6) is 0 Å². The fourth-order valence-corrected chi connectivity index (χ4v) is 0.411. The molecule has 0 aliphatic heterocycles. The Bertz CT molecular complexity index is 210. The first-order valence-electron chi connectivity index (χ1n) is 2.84. The number of rotatable bonds is 3. The predicted octanol–water partition coefficient (Wildman–Crippen LogP) is 0.250. The lowest BCUT2D eigenvalue weighted by Crippen LogP contribution is -2.34. The van der Waals surface area contributed by atoms with Crippen molar-refractivity contribution in [2.45, 2.75) is 11.8 Å². The Balaban J connectivity index is 4.41. The van der Waals surface area contributed by atoms with E-state index in [0.29, 0.717) is 0 Å². The molecule has 0 aliphatic carbocycles. The number of alkyl halides is 1. The molecular formula is C6H6ClNO3. The first kappa shape index (κ1) is 9.92. The van der Waals surface area contributed by atoms with Gasteiger partial charge in [0.05, 0.1) is 6.61 Å². The molecule has 0 saturated carbocycles. The summed E-state index contributed by atoms with van der Waals surface area (Å²) in [4.78, 5) is 18.7. The Morgan fingerprint density at radius 1 is 1.91 bits per heavy atom. The van der Waals surface area contributed by atoms with Crippen LogP contribution in [0.1, 0.15) is 6.92 Å². The normalized spacial score (nSPS) is 14.3. The number of esters is 1. The molecular weight excluding hydrogens is 170 g/mol. The Kier molecular flexibility index (Phi) is 3.55. The number of carbonyl (C=O) groups excluding carboxylic acids is 2. The number of hydrogen-bond acceptors (Lipinski definition) is 4. The second-order valence-electron chi connectivity index (χ2n) is 1.66. The van der Waals surface area contributed by atoms with Crippen molar-refractivity contribution in [3.05, 3.63) is 0 Å². The monoisotopic (exact) mass is 175 g/mol. The molecule has 0 aliphatic rings. The molecule has 11 heavy (non-hydrogen) atoms. The summed E-state index contributed by atoms with van der Waals surface area (Å²) in [6.45, 7) is 1.64. The average Bonchev–Trinajstić information content (AvgIpc) is 2.03. The Hall–Kier alpha value is -1.08. The van der Waals surface area contributed by atoms with Crippen LogP contribution >= 0.6 is 11.6 Å². The number of ether oxygens (including phenoxy) is 1. The van der Waals surface area contributed by atoms with E-state index < -0.39 is 10.8 Å². The van der Waals surface area contributed by atoms with Crippen molar-refractivity contribution in [3.8, 4) is 6.07 Å². The van der Waals surface area contributed by atoms with Gasteiger partial charge < -0.3 is 4.74 Å². The second-order valence-corrected chi connectivity index (χ2v) is 2.26. The molecule has 0 N–H and O–H groups in total. The van der Waals surface area contributed by atoms with Crippen molar-refractivity contribution in [2.75, 3.05) is 6.61 Å². The van der Waals surface area contributed by atoms with Gasteiger partial charge >= 0.3 is 5.97 Å². The minimum absolute atomic E-state index is 0.0482. The first-order chi connectivity index (χ1) is 5.10. The maximum absolute atomic E-state index is 10.7. The fraction of sp³-hybridized carbons (Fsp3) is 0.500. The number of nitrogens with zero attached hydrogens (tertiary/aromatic N) is 1. The van der Waals surface area contributed by atoms with Crippen molar-refractivity contribution in [2.24, 2.45) is 0 Å². The highest BCUT2D eigenvalue weighted by atomic mass is 35.5. The molecule has 0 heterocycles. The van der Waals surface area contributed by atoms with Gasteiger partial charge in [-0.2, -0.15) is 5.26 Å². The van der Waals surface area contributed by atoms with Gasteiger partial charge in [0.25, 0.3) is 4.87 Å². The van der Waals surface area contributed by atoms with E-state index in [1.807, 2.05) is 0 Å². The van der Waals surface area contributed by atoms with Gasteiger partial charge in [-0.3, -0.25) is 4.79 Å². The molecule has 0 aromatic heterocycles. The maximum Gasteiger partial charge on any atom is 0.349 e. The van der Waals surface area contributed by atoms with Crippen molar-refractivity contribution in [1.29, 1.82) is 5.26 Å². The molecule has 0 bridgehead atoms. The van der Waals surface area contributed by atoms with Crippen LogP contribution in [0.15, 0.2) is 0 Å². The van der Waals surface area contributed by atoms with E-state index in [1.54, 1.807) is 6.92 Å². The molecule has 4 nitrogen and oxygen atoms in total. The average molecular weight is 176 g/mol. The van der Waals surface area contributed by atoms with E-state index in [1.165, 1.54) is 6.07 Å². The van der Waals surface area contributed by atoms with Gasteiger partial charge in [0.2, 0.25) is 0 Å². The van der Waals surface area contributed by atoms with Crippen molar-refractivity contribution < 1.29 is 14.3 Å². The van der Waals surface area contributed by atoms with Crippen LogP contribution < -0.4 is 0 Å². The van der Waals surface area contributed by atoms with E-state index in [4.69, 9.17) is 16.9 Å². The summed E-state index contributed by atoms with van der Waals surface area (Å²) in [6.07, 6.45) is 0.0482. The van der Waals surface area contributed by atoms with Crippen molar-refractivity contribution in [1.82, 2.24) is 0 Å². The highest BCUT2D eigenvalue weighted by molar-refractivity contribution is 6.44. The molecule has 1 unspecified atom stereocenters. The molecule has 60 valence electrons. The fourth-order valence-electron chi connectivity index (χ4n) is 0.356. The van der Waals surface area contributed by atoms with Gasteiger partial charge in [-0.1, -0.05) is 11.6 Å². The quantitative estimate of drug-likeness (QED) is 0.267. The number of halogens is 1. The molecule has 0 radical (unpaired) electrons. The molecule has 0 aromatic carbocycles. The number of nitriles is 1. The van der Waals surface area contributed by atoms with Crippen molar-refractivity contribution in [3.63, 3.8) is 0 Å². The summed E-state index contributed by atoms with van der Waals surface area (Å²) in [5, 5.41) is 8.27. The Morgan fingerprint density at radius 2 is 2.45 bits per heavy atom. The molecule has 0 saturated heterocycles. The van der Waals surface area contributed by atoms with E-state index in [2.05, 4.69) is 4.74 Å². The van der Waals surface area contributed by atoms with E-state index in [0.717, 1.165) is 0 Å². The molecule has 0 aromatic rings. The number of hydrogen-bond donors (Lipinski definition) is 0. The maximum atomic E-state index is 10.7. The summed E-state index contributed by atoms with van der Waals surface area (Å²) in [5.41, 5.74) is 0. The van der Waals surface area contributed by atoms with E-state index in [9.17, 15) is 9.59 Å². The number of aldehydes is 1. The summed E-state index contributed by atoms with van der Waals surface area (Å²) in [5.74, 6) is -1.03. The van der Waals surface area contributed by atoms with Crippen LogP contribution in [-0.4, -0.2) is 23.7 Å². The minimum Gasteiger partial charge on any atom is -0.464 e. The lowest BCUT2D eigenvalue weighted by molar-refractivity contribution is -0.145. The lowest BCUT2D eigenvalue weighted by atomic mass is 10.2. The third-order valence-corrected chi connectivity index (χ3v) is 1.23. The minimum atomic E-state index is -2.17. The Labute approximate surface area is 68.7 Å². The van der Waals surface area contributed by atoms with Crippen LogP contribution in [0.25, 0.3) is 0 Å². The highest BCUT2D eigenvalue weighted by Crippen LogP contribution is 2.12. The standard InChI is InChI=1S/C6H6ClNO3/c1-2-11-5(10)6(7,3-8)4-9/h4H,2H2,1H3. The van der Waals surface area contributed by atoms with Crippen molar-refractivity contribution >= 4 is 23.9 Å². The zero-order valence-electron chi connectivity index (χ0n) is 5.83. The smallest absolute Gasteiger partial charge is 0.349 e. The van der Waals surface area contributed by atoms with E-state index in [-0.39, 0.29) is 12.9 Å². The van der Waals surface area contributed by atoms with Crippen LogP contribution in [0, 0.1) is 11.3 Å². The van der Waals surface area contributed by atoms with Gasteiger partial charge in [-0.15, -0.1) is 0 Å². The molecule has 5 heteroatoms. The van der Waals surface area contributed by atoms with Gasteiger partial charge in [0, 0.05) is 0 Å². The summed E-state index contributed by atoms with van der Waals surface area (Å²) in [7, 11) is 0. The highest BCUT2D eigenvalue weighted by Gasteiger charge is 2.37. The largest absolute Gasteiger partial charge is 0.464 e. The van der Waals surface area contributed by atoms with Gasteiger partial charge in [-0.05, 0) is 6.92 Å². The van der Waals surface area contributed by atoms with Crippen LogP contribution in [0.2, 0.25) is 0 Å². The molecule has 0 fully saturated rings. The third-order valence-electron chi connectivity index (χ3n) is 0.898. The molecule has 0 rings (SSSR count). The van der Waals surface area contributed by atoms with Crippen LogP contribution in [0.4, 0.5) is 0 Å². The number of carbonyl (C=O) groups is 2. The first-order valence-corrected chi connectivity index (χ1v) is 3.22. The second kappa shape index (κ2) is 3.94. The zero-order valence-corrected chi connectivity index (χ0v) is 6.59. The third kappa shape index (κ3) is 2.20. The molecule has 0 amide bonds. The summed E-state index contributed by atoms with van der Waals surface area (Å²) < 4.78 is 4.36.